The van der Waals surface area contributed by atoms with E-state index in [4.69, 9.17) is 34.8 Å². The van der Waals surface area contributed by atoms with Gasteiger partial charge in [0.1, 0.15) is 0 Å². The maximum atomic E-state index is 15.5. The zero-order valence-electron chi connectivity index (χ0n) is 28.7. The third kappa shape index (κ3) is 8.11. The van der Waals surface area contributed by atoms with Gasteiger partial charge in [-0.2, -0.15) is 0 Å². The number of para-hydroxylation sites is 4. The smallest absolute Gasteiger partial charge is 0.427 e. The van der Waals surface area contributed by atoms with Crippen molar-refractivity contribution in [1.29, 1.82) is 0 Å². The summed E-state index contributed by atoms with van der Waals surface area (Å²) in [5.74, 6) is -1.48. The van der Waals surface area contributed by atoms with Gasteiger partial charge in [0.2, 0.25) is 0 Å². The van der Waals surface area contributed by atoms with Crippen molar-refractivity contribution in [2.45, 2.75) is 19.3 Å². The molecule has 0 radical (unpaired) electrons. The number of hydrogen-bond donors (Lipinski definition) is 0. The van der Waals surface area contributed by atoms with E-state index in [0.717, 1.165) is 40.6 Å². The number of thiocarbonyl (C=S) groups is 1. The van der Waals surface area contributed by atoms with Gasteiger partial charge in [0.15, 0.2) is 0 Å². The molecule has 0 amide bonds. The maximum absolute atomic E-state index is 15.5. The first-order chi connectivity index (χ1) is 25.2. The van der Waals surface area contributed by atoms with Crippen LogP contribution in [0.25, 0.3) is 11.3 Å². The summed E-state index contributed by atoms with van der Waals surface area (Å²) in [6.45, 7) is 4.03. The molecule has 0 atom stereocenters. The molecule has 264 valence electrons. The molecular formula is C44H32F2N4PtS2. The van der Waals surface area contributed by atoms with Gasteiger partial charge >= 0.3 is 21.1 Å². The molecule has 0 aliphatic heterocycles. The van der Waals surface area contributed by atoms with E-state index in [0.29, 0.717) is 28.5 Å². The Labute approximate surface area is 333 Å². The first-order valence-electron chi connectivity index (χ1n) is 16.6. The molecule has 0 fully saturated rings. The Morgan fingerprint density at radius 1 is 0.604 bits per heavy atom. The predicted molar refractivity (Wildman–Crippen MR) is 213 cm³/mol. The molecule has 0 aliphatic carbocycles. The molecule has 53 heavy (non-hydrogen) atoms. The van der Waals surface area contributed by atoms with Crippen molar-refractivity contribution in [1.82, 2.24) is 9.97 Å². The van der Waals surface area contributed by atoms with E-state index in [-0.39, 0.29) is 30.8 Å². The summed E-state index contributed by atoms with van der Waals surface area (Å²) in [6, 6.07) is 52.3. The zero-order chi connectivity index (χ0) is 36.2. The maximum Gasteiger partial charge on any atom is 2.00 e. The molecule has 0 saturated carbocycles. The van der Waals surface area contributed by atoms with Crippen molar-refractivity contribution in [2.24, 2.45) is 0 Å². The average molecular weight is 914 g/mol. The summed E-state index contributed by atoms with van der Waals surface area (Å²) in [5.41, 5.74) is 6.35. The Hall–Kier alpha value is -5.14. The Kier molecular flexibility index (Phi) is 11.5. The fourth-order valence-electron chi connectivity index (χ4n) is 6.14. The van der Waals surface area contributed by atoms with Crippen molar-refractivity contribution < 1.29 is 29.8 Å². The fourth-order valence-corrected chi connectivity index (χ4v) is 6.35. The molecule has 0 saturated heterocycles. The van der Waals surface area contributed by atoms with Gasteiger partial charge in [-0.1, -0.05) is 90.5 Å². The molecule has 7 aromatic rings. The van der Waals surface area contributed by atoms with Crippen LogP contribution in [-0.4, -0.2) is 14.2 Å². The van der Waals surface area contributed by atoms with E-state index < -0.39 is 17.0 Å². The van der Waals surface area contributed by atoms with E-state index in [1.54, 1.807) is 6.07 Å². The number of nitrogens with zero attached hydrogens (tertiary/aromatic N) is 4. The van der Waals surface area contributed by atoms with Crippen LogP contribution in [0.3, 0.4) is 0 Å². The number of anilines is 6. The largest absolute Gasteiger partial charge is 2.00 e. The molecule has 2 heterocycles. The Bertz CT molecular complexity index is 2270. The van der Waals surface area contributed by atoms with Crippen LogP contribution in [0.2, 0.25) is 0 Å². The SMILES string of the molecule is CC(C)(c1cc(N(c2ccccc2)c2ccccc2)cc(C(=S)[S-])n1)c1cc(N(c2ccccc2)c2ccccc2)cc(-c2[c-]cc(F)cc2F)n1.[Pt+2]. The molecule has 4 nitrogen and oxygen atoms in total. The molecule has 5 aromatic carbocycles. The van der Waals surface area contributed by atoms with Crippen LogP contribution < -0.4 is 9.80 Å². The van der Waals surface area contributed by atoms with Crippen LogP contribution in [0.15, 0.2) is 158 Å². The number of hydrogen-bond acceptors (Lipinski definition) is 6. The van der Waals surface area contributed by atoms with Gasteiger partial charge in [-0.25, -0.2) is 0 Å². The first kappa shape index (κ1) is 37.6. The van der Waals surface area contributed by atoms with Gasteiger partial charge in [0, 0.05) is 51.2 Å². The van der Waals surface area contributed by atoms with Gasteiger partial charge < -0.3 is 39.6 Å². The van der Waals surface area contributed by atoms with Crippen molar-refractivity contribution in [3.63, 3.8) is 0 Å². The van der Waals surface area contributed by atoms with E-state index in [2.05, 4.69) is 15.9 Å². The second-order valence-corrected chi connectivity index (χ2v) is 13.7. The average Bonchev–Trinajstić information content (AvgIpc) is 3.16. The second-order valence-electron chi connectivity index (χ2n) is 12.7. The predicted octanol–water partition coefficient (Wildman–Crippen LogP) is 11.7. The Balaban J connectivity index is 0.00000481. The van der Waals surface area contributed by atoms with E-state index >= 15 is 4.39 Å². The van der Waals surface area contributed by atoms with Crippen molar-refractivity contribution in [3.8, 4) is 11.3 Å². The van der Waals surface area contributed by atoms with Crippen molar-refractivity contribution >= 4 is 63.2 Å². The summed E-state index contributed by atoms with van der Waals surface area (Å²) >= 11 is 11.1. The molecule has 0 unspecified atom stereocenters. The second kappa shape index (κ2) is 16.3. The van der Waals surface area contributed by atoms with Gasteiger partial charge in [-0.05, 0) is 86.3 Å². The Morgan fingerprint density at radius 2 is 1.02 bits per heavy atom. The number of halogens is 2. The monoisotopic (exact) mass is 913 g/mol. The third-order valence-electron chi connectivity index (χ3n) is 8.80. The van der Waals surface area contributed by atoms with Crippen LogP contribution in [0.4, 0.5) is 42.9 Å². The fraction of sp³-hybridized carbons (Fsp3) is 0.0682. The molecule has 0 spiro atoms. The summed E-state index contributed by atoms with van der Waals surface area (Å²) < 4.78 is 29.9. The number of aromatic nitrogens is 2. The molecule has 0 bridgehead atoms. The summed E-state index contributed by atoms with van der Waals surface area (Å²) in [7, 11) is 0. The molecule has 7 rings (SSSR count). The van der Waals surface area contributed by atoms with Crippen LogP contribution in [0.5, 0.6) is 0 Å². The van der Waals surface area contributed by atoms with Crippen LogP contribution in [0.1, 0.15) is 30.9 Å². The number of rotatable bonds is 10. The van der Waals surface area contributed by atoms with Gasteiger partial charge in [0.05, 0.1) is 17.1 Å². The summed E-state index contributed by atoms with van der Waals surface area (Å²) in [5, 5.41) is 0. The molecule has 2 aromatic heterocycles. The normalized spacial score (nSPS) is 11.0. The van der Waals surface area contributed by atoms with Crippen molar-refractivity contribution in [3.05, 3.63) is 193 Å². The third-order valence-corrected chi connectivity index (χ3v) is 9.22. The number of benzene rings is 5. The van der Waals surface area contributed by atoms with E-state index in [9.17, 15) is 4.39 Å². The van der Waals surface area contributed by atoms with Crippen molar-refractivity contribution in [2.75, 3.05) is 9.80 Å². The first-order valence-corrected chi connectivity index (χ1v) is 17.4. The molecular weight excluding hydrogens is 882 g/mol. The topological polar surface area (TPSA) is 32.3 Å². The van der Waals surface area contributed by atoms with Crippen LogP contribution in [0, 0.1) is 17.7 Å². The summed E-state index contributed by atoms with van der Waals surface area (Å²) in [6.07, 6.45) is 0. The van der Waals surface area contributed by atoms with E-state index in [1.165, 1.54) is 0 Å². The number of pyridine rings is 2. The van der Waals surface area contributed by atoms with Gasteiger partial charge in [0.25, 0.3) is 0 Å². The summed E-state index contributed by atoms with van der Waals surface area (Å²) in [4.78, 5) is 14.3. The minimum atomic E-state index is -0.885. The minimum Gasteiger partial charge on any atom is -0.427 e. The Morgan fingerprint density at radius 3 is 1.43 bits per heavy atom. The quantitative estimate of drug-likeness (QED) is 0.0772. The molecule has 0 N–H and O–H groups in total. The van der Waals surface area contributed by atoms with Gasteiger partial charge in [-0.3, -0.25) is 13.8 Å². The van der Waals surface area contributed by atoms with E-state index in [1.807, 2.05) is 153 Å². The van der Waals surface area contributed by atoms with Crippen LogP contribution >= 0.6 is 12.2 Å². The zero-order valence-corrected chi connectivity index (χ0v) is 32.6. The van der Waals surface area contributed by atoms with Gasteiger partial charge in [-0.15, -0.1) is 16.3 Å². The van der Waals surface area contributed by atoms with Crippen LogP contribution in [-0.2, 0) is 39.1 Å². The molecule has 0 aliphatic rings. The minimum absolute atomic E-state index is 0. The molecule has 9 heteroatoms. The standard InChI is InChI=1S/C44H33F2N4S2.Pt/c1-44(2,42-29-36(27-40(48-42)43(51)52)50(33-19-11-5-12-20-33)34-21-13-6-14-22-34)41-28-35(26-39(47-41)37-24-23-30(45)25-38(37)46)49(31-15-7-3-8-16-31)32-17-9-4-10-18-32;/h3-23,25-29H,1-2H3,(H,51,52);/q-1;+2/p-1.